The lowest BCUT2D eigenvalue weighted by molar-refractivity contribution is 0.438. The molecule has 0 saturated carbocycles. The molecule has 134 valence electrons. The van der Waals surface area contributed by atoms with E-state index in [1.807, 2.05) is 60.7 Å². The number of benzene rings is 3. The van der Waals surface area contributed by atoms with E-state index in [9.17, 15) is 0 Å². The average molecular weight is 420 g/mol. The van der Waals surface area contributed by atoms with E-state index in [1.54, 1.807) is 0 Å². The van der Waals surface area contributed by atoms with Crippen LogP contribution in [0.5, 0.6) is 0 Å². The third kappa shape index (κ3) is 4.32. The van der Waals surface area contributed by atoms with Crippen molar-refractivity contribution in [1.29, 1.82) is 0 Å². The molecule has 5 heteroatoms. The number of hydrogen-bond acceptors (Lipinski definition) is 4. The van der Waals surface area contributed by atoms with Gasteiger partial charge in [-0.1, -0.05) is 76.6 Å². The van der Waals surface area contributed by atoms with Crippen LogP contribution in [0.25, 0.3) is 11.5 Å². The van der Waals surface area contributed by atoms with Gasteiger partial charge in [-0.05, 0) is 35.4 Å². The second-order valence-corrected chi connectivity index (χ2v) is 7.08. The number of halogens is 1. The Kier molecular flexibility index (Phi) is 5.42. The molecule has 1 N–H and O–H groups in total. The summed E-state index contributed by atoms with van der Waals surface area (Å²) in [6.07, 6.45) is 0. The van der Waals surface area contributed by atoms with Gasteiger partial charge in [0.2, 0.25) is 11.8 Å². The largest absolute Gasteiger partial charge is 0.419 e. The molecule has 4 aromatic rings. The van der Waals surface area contributed by atoms with Crippen molar-refractivity contribution in [3.05, 3.63) is 106 Å². The van der Waals surface area contributed by atoms with Crippen LogP contribution in [-0.4, -0.2) is 10.2 Å². The summed E-state index contributed by atoms with van der Waals surface area (Å²) in [5.74, 6) is 1.07. The van der Waals surface area contributed by atoms with Crippen LogP contribution >= 0.6 is 15.9 Å². The monoisotopic (exact) mass is 419 g/mol. The number of hydrogen-bond donors (Lipinski definition) is 1. The Bertz CT molecular complexity index is 985. The molecular weight excluding hydrogens is 402 g/mol. The average Bonchev–Trinajstić information content (AvgIpc) is 3.21. The first-order valence-corrected chi connectivity index (χ1v) is 9.50. The molecule has 0 saturated heterocycles. The maximum Gasteiger partial charge on any atom is 0.247 e. The second kappa shape index (κ2) is 8.29. The number of nitrogens with zero attached hydrogens (tertiary/aromatic N) is 2. The van der Waals surface area contributed by atoms with E-state index in [1.165, 1.54) is 5.56 Å². The Morgan fingerprint density at radius 1 is 0.815 bits per heavy atom. The van der Waals surface area contributed by atoms with E-state index in [4.69, 9.17) is 4.42 Å². The highest BCUT2D eigenvalue weighted by molar-refractivity contribution is 9.10. The molecule has 0 radical (unpaired) electrons. The Balaban J connectivity index is 1.63. The van der Waals surface area contributed by atoms with Gasteiger partial charge in [0, 0.05) is 16.6 Å². The maximum atomic E-state index is 6.01. The predicted octanol–water partition coefficient (Wildman–Crippen LogP) is 5.38. The summed E-state index contributed by atoms with van der Waals surface area (Å²) in [6.45, 7) is 0.699. The molecule has 1 heterocycles. The van der Waals surface area contributed by atoms with Gasteiger partial charge in [-0.25, -0.2) is 0 Å². The summed E-state index contributed by atoms with van der Waals surface area (Å²) in [7, 11) is 0. The van der Waals surface area contributed by atoms with Crippen LogP contribution in [0, 0.1) is 0 Å². The van der Waals surface area contributed by atoms with Crippen LogP contribution in [0.3, 0.4) is 0 Å². The summed E-state index contributed by atoms with van der Waals surface area (Å²) in [5, 5.41) is 12.1. The highest BCUT2D eigenvalue weighted by atomic mass is 79.9. The third-order valence-electron chi connectivity index (χ3n) is 4.26. The molecule has 0 fully saturated rings. The molecule has 0 aliphatic heterocycles. The number of rotatable bonds is 6. The van der Waals surface area contributed by atoms with E-state index in [-0.39, 0.29) is 6.04 Å². The van der Waals surface area contributed by atoms with Crippen molar-refractivity contribution in [2.24, 2.45) is 0 Å². The van der Waals surface area contributed by atoms with Crippen molar-refractivity contribution >= 4 is 15.9 Å². The summed E-state index contributed by atoms with van der Waals surface area (Å²) < 4.78 is 7.04. The van der Waals surface area contributed by atoms with Gasteiger partial charge in [0.25, 0.3) is 0 Å². The van der Waals surface area contributed by atoms with Crippen LogP contribution in [0.4, 0.5) is 0 Å². The zero-order valence-corrected chi connectivity index (χ0v) is 16.1. The Labute approximate surface area is 166 Å². The van der Waals surface area contributed by atoms with Crippen LogP contribution in [0.15, 0.2) is 93.8 Å². The van der Waals surface area contributed by atoms with Gasteiger partial charge in [0.15, 0.2) is 0 Å². The maximum absolute atomic E-state index is 6.01. The predicted molar refractivity (Wildman–Crippen MR) is 109 cm³/mol. The molecule has 0 aliphatic rings. The van der Waals surface area contributed by atoms with Gasteiger partial charge in [-0.2, -0.15) is 0 Å². The summed E-state index contributed by atoms with van der Waals surface area (Å²) in [5.41, 5.74) is 3.17. The van der Waals surface area contributed by atoms with Crippen LogP contribution < -0.4 is 5.32 Å². The van der Waals surface area contributed by atoms with Gasteiger partial charge in [0.1, 0.15) is 6.04 Å². The van der Waals surface area contributed by atoms with Crippen molar-refractivity contribution in [1.82, 2.24) is 15.5 Å². The van der Waals surface area contributed by atoms with Gasteiger partial charge in [0.05, 0.1) is 0 Å². The molecule has 0 aliphatic carbocycles. The molecule has 0 amide bonds. The SMILES string of the molecule is Brc1ccc([C@@H](NCc2ccccc2)c2nnc(-c3ccccc3)o2)cc1. The minimum atomic E-state index is -0.191. The summed E-state index contributed by atoms with van der Waals surface area (Å²) >= 11 is 3.49. The van der Waals surface area contributed by atoms with E-state index < -0.39 is 0 Å². The highest BCUT2D eigenvalue weighted by Crippen LogP contribution is 2.26. The highest BCUT2D eigenvalue weighted by Gasteiger charge is 2.21. The van der Waals surface area contributed by atoms with Gasteiger partial charge in [-0.15, -0.1) is 10.2 Å². The molecule has 3 aromatic carbocycles. The van der Waals surface area contributed by atoms with Crippen molar-refractivity contribution in [3.63, 3.8) is 0 Å². The minimum absolute atomic E-state index is 0.191. The van der Waals surface area contributed by atoms with Gasteiger partial charge < -0.3 is 4.42 Å². The molecule has 0 bridgehead atoms. The lowest BCUT2D eigenvalue weighted by Crippen LogP contribution is -2.22. The Morgan fingerprint density at radius 2 is 1.48 bits per heavy atom. The normalized spacial score (nSPS) is 12.0. The van der Waals surface area contributed by atoms with E-state index in [0.29, 0.717) is 18.3 Å². The zero-order valence-electron chi connectivity index (χ0n) is 14.5. The van der Waals surface area contributed by atoms with Crippen molar-refractivity contribution < 1.29 is 4.42 Å². The van der Waals surface area contributed by atoms with E-state index >= 15 is 0 Å². The van der Waals surface area contributed by atoms with E-state index in [2.05, 4.69) is 55.7 Å². The van der Waals surface area contributed by atoms with Crippen molar-refractivity contribution in [2.45, 2.75) is 12.6 Å². The quantitative estimate of drug-likeness (QED) is 0.455. The first-order valence-electron chi connectivity index (χ1n) is 8.71. The fraction of sp³-hybridized carbons (Fsp3) is 0.0909. The second-order valence-electron chi connectivity index (χ2n) is 6.16. The molecular formula is C22H18BrN3O. The van der Waals surface area contributed by atoms with Gasteiger partial charge >= 0.3 is 0 Å². The fourth-order valence-corrected chi connectivity index (χ4v) is 3.13. The zero-order chi connectivity index (χ0) is 18.5. The molecule has 4 nitrogen and oxygen atoms in total. The topological polar surface area (TPSA) is 51.0 Å². The number of nitrogens with one attached hydrogen (secondary N) is 1. The minimum Gasteiger partial charge on any atom is -0.419 e. The molecule has 27 heavy (non-hydrogen) atoms. The summed E-state index contributed by atoms with van der Waals surface area (Å²) in [4.78, 5) is 0. The molecule has 1 aromatic heterocycles. The van der Waals surface area contributed by atoms with Crippen molar-refractivity contribution in [2.75, 3.05) is 0 Å². The van der Waals surface area contributed by atoms with Gasteiger partial charge in [-0.3, -0.25) is 5.32 Å². The molecule has 0 unspecified atom stereocenters. The third-order valence-corrected chi connectivity index (χ3v) is 4.79. The van der Waals surface area contributed by atoms with Crippen molar-refractivity contribution in [3.8, 4) is 11.5 Å². The van der Waals surface area contributed by atoms with Crippen LogP contribution in [0.2, 0.25) is 0 Å². The standard InChI is InChI=1S/C22H18BrN3O/c23-19-13-11-17(12-14-19)20(24-15-16-7-3-1-4-8-16)22-26-25-21(27-22)18-9-5-2-6-10-18/h1-14,20,24H,15H2/t20-/m1/s1. The Morgan fingerprint density at radius 3 is 2.19 bits per heavy atom. The van der Waals surface area contributed by atoms with Crippen LogP contribution in [0.1, 0.15) is 23.1 Å². The van der Waals surface area contributed by atoms with E-state index in [0.717, 1.165) is 15.6 Å². The molecule has 1 atom stereocenters. The first-order chi connectivity index (χ1) is 13.3. The molecule has 0 spiro atoms. The lowest BCUT2D eigenvalue weighted by atomic mass is 10.1. The Hall–Kier alpha value is -2.76. The summed E-state index contributed by atoms with van der Waals surface area (Å²) in [6, 6.07) is 28.0. The lowest BCUT2D eigenvalue weighted by Gasteiger charge is -2.16. The first kappa shape index (κ1) is 17.6. The number of aromatic nitrogens is 2. The fourth-order valence-electron chi connectivity index (χ4n) is 2.87. The van der Waals surface area contributed by atoms with Crippen LogP contribution in [-0.2, 0) is 6.54 Å². The molecule has 4 rings (SSSR count). The smallest absolute Gasteiger partial charge is 0.247 e.